The minimum absolute atomic E-state index is 0.0490. The summed E-state index contributed by atoms with van der Waals surface area (Å²) in [4.78, 5) is 12.2. The number of rotatable bonds is 5. The van der Waals surface area contributed by atoms with Crippen molar-refractivity contribution in [1.29, 1.82) is 0 Å². The van der Waals surface area contributed by atoms with Crippen LogP contribution in [0, 0.1) is 0 Å². The van der Waals surface area contributed by atoms with E-state index in [2.05, 4.69) is 30.9 Å². The van der Waals surface area contributed by atoms with Crippen LogP contribution in [0.1, 0.15) is 29.8 Å². The van der Waals surface area contributed by atoms with Gasteiger partial charge in [0, 0.05) is 17.1 Å². The summed E-state index contributed by atoms with van der Waals surface area (Å²) in [6.45, 7) is 4.40. The molecule has 0 radical (unpaired) electrons. The van der Waals surface area contributed by atoms with Gasteiger partial charge in [-0.1, -0.05) is 34.1 Å². The van der Waals surface area contributed by atoms with E-state index in [1.807, 2.05) is 38.1 Å². The summed E-state index contributed by atoms with van der Waals surface area (Å²) in [6, 6.07) is 7.96. The maximum Gasteiger partial charge on any atom is 0.258 e. The second-order valence-corrected chi connectivity index (χ2v) is 6.47. The molecule has 21 heavy (non-hydrogen) atoms. The molecule has 2 aromatic rings. The molecule has 0 saturated carbocycles. The summed E-state index contributed by atoms with van der Waals surface area (Å²) in [5.74, 6) is 0.0543. The third-order valence-corrected chi connectivity index (χ3v) is 4.36. The number of nitrogens with one attached hydrogen (secondary N) is 2. The van der Waals surface area contributed by atoms with Crippen LogP contribution in [0.5, 0.6) is 0 Å². The highest BCUT2D eigenvalue weighted by Gasteiger charge is 2.19. The zero-order chi connectivity index (χ0) is 15.4. The molecule has 1 aromatic carbocycles. The van der Waals surface area contributed by atoms with Crippen LogP contribution in [-0.2, 0) is 6.54 Å². The van der Waals surface area contributed by atoms with E-state index in [-0.39, 0.29) is 17.8 Å². The molecule has 0 bridgehead atoms. The lowest BCUT2D eigenvalue weighted by Crippen LogP contribution is -2.30. The number of carbonyl (C=O) groups excluding carboxylic acids is 1. The molecule has 4 N–H and O–H groups in total. The second kappa shape index (κ2) is 6.91. The lowest BCUT2D eigenvalue weighted by molar-refractivity contribution is 0.0945. The highest BCUT2D eigenvalue weighted by molar-refractivity contribution is 9.10. The summed E-state index contributed by atoms with van der Waals surface area (Å²) in [5, 5.41) is 6.75. The summed E-state index contributed by atoms with van der Waals surface area (Å²) < 4.78 is 5.08. The Labute approximate surface area is 136 Å². The monoisotopic (exact) mass is 368 g/mol. The van der Waals surface area contributed by atoms with E-state index in [0.29, 0.717) is 17.1 Å². The minimum atomic E-state index is -0.203. The number of nitrogens with two attached hydrogens (primary N) is 1. The van der Waals surface area contributed by atoms with Crippen molar-refractivity contribution in [2.75, 3.05) is 11.1 Å². The summed E-state index contributed by atoms with van der Waals surface area (Å²) >= 11 is 4.69. The van der Waals surface area contributed by atoms with Gasteiger partial charge in [-0.15, -0.1) is 0 Å². The van der Waals surface area contributed by atoms with E-state index in [4.69, 9.17) is 5.73 Å². The molecule has 0 spiro atoms. The molecule has 0 unspecified atom stereocenters. The van der Waals surface area contributed by atoms with Crippen molar-refractivity contribution < 1.29 is 4.79 Å². The van der Waals surface area contributed by atoms with Crippen LogP contribution >= 0.6 is 27.5 Å². The molecule has 0 aliphatic carbocycles. The lowest BCUT2D eigenvalue weighted by atomic mass is 10.2. The van der Waals surface area contributed by atoms with E-state index < -0.39 is 0 Å². The average Bonchev–Trinajstić information content (AvgIpc) is 2.78. The number of hydrogen-bond acceptors (Lipinski definition) is 5. The fourth-order valence-electron chi connectivity index (χ4n) is 1.79. The van der Waals surface area contributed by atoms with Crippen LogP contribution in [0.25, 0.3) is 0 Å². The predicted molar refractivity (Wildman–Crippen MR) is 90.6 cm³/mol. The number of carbonyl (C=O) groups is 1. The average molecular weight is 369 g/mol. The summed E-state index contributed by atoms with van der Waals surface area (Å²) in [5.41, 5.74) is 7.32. The number of hydrogen-bond donors (Lipinski definition) is 3. The van der Waals surface area contributed by atoms with Crippen molar-refractivity contribution in [3.8, 4) is 0 Å². The third kappa shape index (κ3) is 3.95. The molecular weight excluding hydrogens is 352 g/mol. The molecule has 0 atom stereocenters. The SMILES string of the molecule is CC(C)NC(=O)c1c(N)nsc1NCc1ccccc1Br. The normalized spacial score (nSPS) is 10.7. The van der Waals surface area contributed by atoms with Gasteiger partial charge in [0.05, 0.1) is 0 Å². The molecule has 0 saturated heterocycles. The standard InChI is InChI=1S/C14H17BrN4OS/c1-8(2)18-13(20)11-12(16)19-21-14(11)17-7-9-5-3-4-6-10(9)15/h3-6,8,17H,7H2,1-2H3,(H2,16,19)(H,18,20). The number of benzene rings is 1. The first kappa shape index (κ1) is 15.8. The van der Waals surface area contributed by atoms with Gasteiger partial charge in [-0.3, -0.25) is 4.79 Å². The minimum Gasteiger partial charge on any atom is -0.382 e. The molecule has 112 valence electrons. The molecule has 0 fully saturated rings. The Kier molecular flexibility index (Phi) is 5.19. The largest absolute Gasteiger partial charge is 0.382 e. The molecule has 1 amide bonds. The number of aromatic nitrogens is 1. The Bertz CT molecular complexity index is 642. The zero-order valence-electron chi connectivity index (χ0n) is 11.8. The van der Waals surface area contributed by atoms with Crippen LogP contribution in [-0.4, -0.2) is 16.3 Å². The molecule has 5 nitrogen and oxygen atoms in total. The zero-order valence-corrected chi connectivity index (χ0v) is 14.2. The molecule has 0 aliphatic rings. The van der Waals surface area contributed by atoms with E-state index in [9.17, 15) is 4.79 Å². The Balaban J connectivity index is 2.14. The number of amides is 1. The first-order valence-corrected chi connectivity index (χ1v) is 8.09. The van der Waals surface area contributed by atoms with Gasteiger partial charge < -0.3 is 16.4 Å². The Morgan fingerprint density at radius 1 is 1.43 bits per heavy atom. The summed E-state index contributed by atoms with van der Waals surface area (Å²) in [7, 11) is 0. The first-order chi connectivity index (χ1) is 9.99. The fourth-order valence-corrected chi connectivity index (χ4v) is 2.93. The highest BCUT2D eigenvalue weighted by Crippen LogP contribution is 2.28. The molecule has 0 aliphatic heterocycles. The number of halogens is 1. The van der Waals surface area contributed by atoms with E-state index in [1.54, 1.807) is 0 Å². The smallest absolute Gasteiger partial charge is 0.258 e. The van der Waals surface area contributed by atoms with Crippen molar-refractivity contribution in [2.45, 2.75) is 26.4 Å². The molecule has 1 heterocycles. The first-order valence-electron chi connectivity index (χ1n) is 6.52. The quantitative estimate of drug-likeness (QED) is 0.756. The van der Waals surface area contributed by atoms with Crippen LogP contribution in [0.2, 0.25) is 0 Å². The molecule has 2 rings (SSSR count). The van der Waals surface area contributed by atoms with Crippen LogP contribution in [0.15, 0.2) is 28.7 Å². The van der Waals surface area contributed by atoms with E-state index in [0.717, 1.165) is 10.0 Å². The molecule has 1 aromatic heterocycles. The van der Waals surface area contributed by atoms with Gasteiger partial charge in [0.2, 0.25) is 0 Å². The van der Waals surface area contributed by atoms with E-state index >= 15 is 0 Å². The predicted octanol–water partition coefficient (Wildman–Crippen LogP) is 3.24. The van der Waals surface area contributed by atoms with Gasteiger partial charge in [0.25, 0.3) is 5.91 Å². The van der Waals surface area contributed by atoms with Crippen molar-refractivity contribution >= 4 is 44.2 Å². The van der Waals surface area contributed by atoms with Crippen molar-refractivity contribution in [3.63, 3.8) is 0 Å². The van der Waals surface area contributed by atoms with Crippen LogP contribution in [0.3, 0.4) is 0 Å². The maximum absolute atomic E-state index is 12.2. The Morgan fingerprint density at radius 3 is 2.81 bits per heavy atom. The maximum atomic E-state index is 12.2. The van der Waals surface area contributed by atoms with Crippen molar-refractivity contribution in [3.05, 3.63) is 39.9 Å². The van der Waals surface area contributed by atoms with Gasteiger partial charge in [0.1, 0.15) is 10.6 Å². The molecule has 7 heteroatoms. The summed E-state index contributed by atoms with van der Waals surface area (Å²) in [6.07, 6.45) is 0. The third-order valence-electron chi connectivity index (χ3n) is 2.76. The lowest BCUT2D eigenvalue weighted by Gasteiger charge is -2.11. The fraction of sp³-hybridized carbons (Fsp3) is 0.286. The van der Waals surface area contributed by atoms with Crippen LogP contribution < -0.4 is 16.4 Å². The number of anilines is 2. The van der Waals surface area contributed by atoms with Gasteiger partial charge in [-0.05, 0) is 37.0 Å². The van der Waals surface area contributed by atoms with Gasteiger partial charge in [-0.2, -0.15) is 4.37 Å². The van der Waals surface area contributed by atoms with Gasteiger partial charge >= 0.3 is 0 Å². The van der Waals surface area contributed by atoms with Gasteiger partial charge in [-0.25, -0.2) is 0 Å². The second-order valence-electron chi connectivity index (χ2n) is 4.85. The topological polar surface area (TPSA) is 80.0 Å². The van der Waals surface area contributed by atoms with E-state index in [1.165, 1.54) is 11.5 Å². The van der Waals surface area contributed by atoms with Crippen molar-refractivity contribution in [2.24, 2.45) is 0 Å². The number of nitrogen functional groups attached to an aromatic ring is 1. The Morgan fingerprint density at radius 2 is 2.14 bits per heavy atom. The number of nitrogens with zero attached hydrogens (tertiary/aromatic N) is 1. The highest BCUT2D eigenvalue weighted by atomic mass is 79.9. The molecular formula is C14H17BrN4OS. The van der Waals surface area contributed by atoms with Gasteiger partial charge in [0.15, 0.2) is 5.82 Å². The van der Waals surface area contributed by atoms with Crippen molar-refractivity contribution in [1.82, 2.24) is 9.69 Å². The Hall–Kier alpha value is -1.60. The van der Waals surface area contributed by atoms with Crippen LogP contribution in [0.4, 0.5) is 10.8 Å².